The Morgan fingerprint density at radius 1 is 1.12 bits per heavy atom. The van der Waals surface area contributed by atoms with Gasteiger partial charge in [0.2, 0.25) is 5.91 Å². The van der Waals surface area contributed by atoms with E-state index in [1.54, 1.807) is 20.8 Å². The number of unbranched alkanes of at least 4 members (excludes halogenated alkanes) is 2. The van der Waals surface area contributed by atoms with Gasteiger partial charge in [0.1, 0.15) is 11.6 Å². The van der Waals surface area contributed by atoms with Crippen LogP contribution in [0, 0.1) is 5.92 Å². The molecule has 0 aliphatic rings. The molecule has 0 rings (SSSR count). The van der Waals surface area contributed by atoms with Crippen molar-refractivity contribution in [2.75, 3.05) is 18.9 Å². The number of ether oxygens (including phenoxy) is 1. The van der Waals surface area contributed by atoms with Crippen molar-refractivity contribution in [3.63, 3.8) is 0 Å². The molecule has 2 amide bonds. The van der Waals surface area contributed by atoms with E-state index in [0.717, 1.165) is 25.0 Å². The number of rotatable bonds is 11. The van der Waals surface area contributed by atoms with Crippen LogP contribution in [0.15, 0.2) is 0 Å². The molecule has 0 bridgehead atoms. The Morgan fingerprint density at radius 3 is 2.31 bits per heavy atom. The normalized spacial score (nSPS) is 12.6. The summed E-state index contributed by atoms with van der Waals surface area (Å²) in [6.07, 6.45) is 2.31. The van der Waals surface area contributed by atoms with Crippen LogP contribution < -0.4 is 10.6 Å². The molecule has 7 nitrogen and oxygen atoms in total. The molecule has 0 unspecified atom stereocenters. The van der Waals surface area contributed by atoms with Gasteiger partial charge in [-0.25, -0.2) is 4.79 Å². The first-order valence-corrected chi connectivity index (χ1v) is 10.1. The summed E-state index contributed by atoms with van der Waals surface area (Å²) in [4.78, 5) is 35.6. The van der Waals surface area contributed by atoms with Crippen molar-refractivity contribution >= 4 is 28.9 Å². The van der Waals surface area contributed by atoms with Gasteiger partial charge in [0.05, 0.1) is 6.61 Å². The molecule has 152 valence electrons. The van der Waals surface area contributed by atoms with E-state index < -0.39 is 17.7 Å². The van der Waals surface area contributed by atoms with Crippen molar-refractivity contribution in [1.29, 1.82) is 0 Å². The minimum atomic E-state index is -0.707. The van der Waals surface area contributed by atoms with E-state index in [9.17, 15) is 14.4 Å². The zero-order chi connectivity index (χ0) is 20.2. The molecule has 0 heterocycles. The fourth-order valence-corrected chi connectivity index (χ4v) is 2.87. The van der Waals surface area contributed by atoms with Crippen LogP contribution >= 0.6 is 11.8 Å². The highest BCUT2D eigenvalue weighted by Crippen LogP contribution is 2.14. The molecule has 26 heavy (non-hydrogen) atoms. The Labute approximate surface area is 161 Å². The molecular weight excluding hydrogens is 356 g/mol. The average molecular weight is 391 g/mol. The Bertz CT molecular complexity index is 449. The van der Waals surface area contributed by atoms with Crippen LogP contribution in [0.5, 0.6) is 0 Å². The number of carbonyl (C=O) groups excluding carboxylic acids is 3. The third-order valence-electron chi connectivity index (χ3n) is 3.27. The van der Waals surface area contributed by atoms with Gasteiger partial charge in [0.15, 0.2) is 5.12 Å². The molecule has 0 aliphatic heterocycles. The van der Waals surface area contributed by atoms with Gasteiger partial charge in [0.25, 0.3) is 0 Å². The molecular formula is C18H34N2O5S. The number of hydrogen-bond donors (Lipinski definition) is 3. The molecule has 0 saturated carbocycles. The summed E-state index contributed by atoms with van der Waals surface area (Å²) >= 11 is 1.34. The molecule has 0 spiro atoms. The highest BCUT2D eigenvalue weighted by atomic mass is 32.2. The zero-order valence-electron chi connectivity index (χ0n) is 16.6. The summed E-state index contributed by atoms with van der Waals surface area (Å²) in [5.41, 5.74) is -0.642. The molecule has 1 atom stereocenters. The second-order valence-corrected chi connectivity index (χ2v) is 8.48. The van der Waals surface area contributed by atoms with Crippen molar-refractivity contribution in [3.05, 3.63) is 0 Å². The van der Waals surface area contributed by atoms with Gasteiger partial charge < -0.3 is 20.5 Å². The van der Waals surface area contributed by atoms with Gasteiger partial charge >= 0.3 is 6.09 Å². The number of aliphatic hydroxyl groups excluding tert-OH is 1. The summed E-state index contributed by atoms with van der Waals surface area (Å²) in [7, 11) is 0. The van der Waals surface area contributed by atoms with E-state index in [4.69, 9.17) is 9.84 Å². The predicted octanol–water partition coefficient (Wildman–Crippen LogP) is 2.46. The lowest BCUT2D eigenvalue weighted by atomic mass is 10.1. The van der Waals surface area contributed by atoms with Crippen LogP contribution in [0.3, 0.4) is 0 Å². The average Bonchev–Trinajstić information content (AvgIpc) is 2.52. The summed E-state index contributed by atoms with van der Waals surface area (Å²) in [6.45, 7) is 9.00. The van der Waals surface area contributed by atoms with E-state index in [-0.39, 0.29) is 30.1 Å². The number of aliphatic hydroxyl groups is 1. The minimum Gasteiger partial charge on any atom is -0.444 e. The van der Waals surface area contributed by atoms with E-state index in [1.807, 2.05) is 13.8 Å². The Balaban J connectivity index is 4.33. The first-order valence-electron chi connectivity index (χ1n) is 9.11. The lowest BCUT2D eigenvalue weighted by Crippen LogP contribution is -2.48. The molecule has 0 radical (unpaired) electrons. The number of alkyl carbamates (subject to hydrolysis) is 1. The number of thioether (sulfide) groups is 1. The van der Waals surface area contributed by atoms with E-state index in [0.29, 0.717) is 6.42 Å². The van der Waals surface area contributed by atoms with E-state index in [2.05, 4.69) is 10.6 Å². The van der Waals surface area contributed by atoms with Crippen molar-refractivity contribution in [2.24, 2.45) is 5.92 Å². The summed E-state index contributed by atoms with van der Waals surface area (Å²) in [5.74, 6) is 0.463. The maximum absolute atomic E-state index is 12.1. The molecule has 0 aromatic carbocycles. The quantitative estimate of drug-likeness (QED) is 0.468. The van der Waals surface area contributed by atoms with Crippen LogP contribution in [0.2, 0.25) is 0 Å². The first-order chi connectivity index (χ1) is 12.1. The van der Waals surface area contributed by atoms with E-state index >= 15 is 0 Å². The molecule has 8 heteroatoms. The number of nitrogens with one attached hydrogen (secondary N) is 2. The van der Waals surface area contributed by atoms with Crippen LogP contribution in [0.25, 0.3) is 0 Å². The van der Waals surface area contributed by atoms with Gasteiger partial charge in [-0.05, 0) is 33.6 Å². The van der Waals surface area contributed by atoms with Gasteiger partial charge in [-0.15, -0.1) is 0 Å². The molecule has 0 aliphatic carbocycles. The van der Waals surface area contributed by atoms with Crippen LogP contribution in [-0.2, 0) is 14.3 Å². The van der Waals surface area contributed by atoms with Gasteiger partial charge in [-0.2, -0.15) is 0 Å². The van der Waals surface area contributed by atoms with Crippen molar-refractivity contribution in [1.82, 2.24) is 10.6 Å². The topological polar surface area (TPSA) is 105 Å². The lowest BCUT2D eigenvalue weighted by Gasteiger charge is -2.23. The zero-order valence-corrected chi connectivity index (χ0v) is 17.4. The van der Waals surface area contributed by atoms with Crippen molar-refractivity contribution in [3.8, 4) is 0 Å². The molecule has 0 saturated heterocycles. The lowest BCUT2D eigenvalue weighted by molar-refractivity contribution is -0.123. The van der Waals surface area contributed by atoms with Crippen molar-refractivity contribution in [2.45, 2.75) is 71.9 Å². The molecule has 0 aromatic heterocycles. The third kappa shape index (κ3) is 13.0. The second-order valence-electron chi connectivity index (χ2n) is 7.38. The Kier molecular flexibility index (Phi) is 12.3. The summed E-state index contributed by atoms with van der Waals surface area (Å²) in [5, 5.41) is 14.2. The van der Waals surface area contributed by atoms with Crippen LogP contribution in [0.4, 0.5) is 4.79 Å². The highest BCUT2D eigenvalue weighted by Gasteiger charge is 2.23. The monoisotopic (exact) mass is 390 g/mol. The van der Waals surface area contributed by atoms with Gasteiger partial charge in [0, 0.05) is 18.2 Å². The highest BCUT2D eigenvalue weighted by molar-refractivity contribution is 8.13. The smallest absolute Gasteiger partial charge is 0.408 e. The molecule has 3 N–H and O–H groups in total. The van der Waals surface area contributed by atoms with Crippen LogP contribution in [-0.4, -0.2) is 52.8 Å². The fourth-order valence-electron chi connectivity index (χ4n) is 1.99. The summed E-state index contributed by atoms with van der Waals surface area (Å²) in [6, 6.07) is -0.707. The standard InChI is InChI=1S/C18H34N2O5S/c1-13(2)16(23)26-12-8-6-7-9-14(15(22)19-10-11-21)20-17(24)25-18(3,4)5/h13-14,21H,6-12H2,1-5H3,(H,19,22)(H,20,24)/t14-/m0/s1. The molecule has 0 aromatic rings. The maximum atomic E-state index is 12.1. The largest absolute Gasteiger partial charge is 0.444 e. The van der Waals surface area contributed by atoms with Crippen LogP contribution in [0.1, 0.15) is 60.3 Å². The molecule has 0 fully saturated rings. The predicted molar refractivity (Wildman–Crippen MR) is 104 cm³/mol. The van der Waals surface area contributed by atoms with Crippen molar-refractivity contribution < 1.29 is 24.2 Å². The number of hydrogen-bond acceptors (Lipinski definition) is 6. The fraction of sp³-hybridized carbons (Fsp3) is 0.833. The second kappa shape index (κ2) is 13.0. The summed E-state index contributed by atoms with van der Waals surface area (Å²) < 4.78 is 5.20. The minimum absolute atomic E-state index is 0.0395. The van der Waals surface area contributed by atoms with Gasteiger partial charge in [-0.1, -0.05) is 38.5 Å². The Hall–Kier alpha value is -1.28. The third-order valence-corrected chi connectivity index (χ3v) is 4.52. The van der Waals surface area contributed by atoms with E-state index in [1.165, 1.54) is 11.8 Å². The maximum Gasteiger partial charge on any atom is 0.408 e. The van der Waals surface area contributed by atoms with Gasteiger partial charge in [-0.3, -0.25) is 9.59 Å². The Morgan fingerprint density at radius 2 is 1.77 bits per heavy atom. The number of amides is 2. The SMILES string of the molecule is CC(C)C(=O)SCCCCC[C@H](NC(=O)OC(C)(C)C)C(=O)NCCO. The number of carbonyl (C=O) groups is 3. The first kappa shape index (κ1) is 24.7.